The lowest BCUT2D eigenvalue weighted by atomic mass is 10.1. The molecule has 0 spiro atoms. The Kier molecular flexibility index (Phi) is 4.52. The lowest BCUT2D eigenvalue weighted by molar-refractivity contribution is -0.123. The molecule has 1 N–H and O–H groups in total. The lowest BCUT2D eigenvalue weighted by Gasteiger charge is -2.05. The summed E-state index contributed by atoms with van der Waals surface area (Å²) < 4.78 is 5.32. The van der Waals surface area contributed by atoms with Crippen LogP contribution in [0.4, 0.5) is 0 Å². The second-order valence-corrected chi connectivity index (χ2v) is 3.38. The van der Waals surface area contributed by atoms with Gasteiger partial charge in [-0.2, -0.15) is 5.26 Å². The third-order valence-corrected chi connectivity index (χ3v) is 2.24. The van der Waals surface area contributed by atoms with E-state index in [2.05, 4.69) is 10.3 Å². The van der Waals surface area contributed by atoms with Crippen LogP contribution in [0.3, 0.4) is 0 Å². The average Bonchev–Trinajstić information content (AvgIpc) is 2.76. The maximum atomic E-state index is 11.5. The number of rotatable bonds is 5. The Balaban J connectivity index is 2.45. The zero-order valence-electron chi connectivity index (χ0n) is 9.49. The van der Waals surface area contributed by atoms with E-state index in [-0.39, 0.29) is 12.5 Å². The van der Waals surface area contributed by atoms with Crippen molar-refractivity contribution >= 4 is 5.91 Å². The van der Waals surface area contributed by atoms with Crippen molar-refractivity contribution in [3.8, 4) is 6.07 Å². The second-order valence-electron chi connectivity index (χ2n) is 3.38. The van der Waals surface area contributed by atoms with E-state index in [1.807, 2.05) is 13.0 Å². The molecule has 5 nitrogen and oxygen atoms in total. The summed E-state index contributed by atoms with van der Waals surface area (Å²) in [7, 11) is 0. The number of hydrogen-bond donors (Lipinski definition) is 1. The van der Waals surface area contributed by atoms with E-state index in [1.54, 1.807) is 13.1 Å². The predicted molar refractivity (Wildman–Crippen MR) is 57.1 cm³/mol. The molecule has 0 aromatic carbocycles. The van der Waals surface area contributed by atoms with E-state index in [0.717, 1.165) is 12.2 Å². The fourth-order valence-electron chi connectivity index (χ4n) is 1.21. The fraction of sp³-hybridized carbons (Fsp3) is 0.545. The predicted octanol–water partition coefficient (Wildman–Crippen LogP) is 1.40. The molecule has 0 fully saturated rings. The Morgan fingerprint density at radius 1 is 1.69 bits per heavy atom. The van der Waals surface area contributed by atoms with Crippen molar-refractivity contribution in [3.05, 3.63) is 17.8 Å². The van der Waals surface area contributed by atoms with Gasteiger partial charge in [0.05, 0.1) is 18.8 Å². The number of nitriles is 1. The maximum absolute atomic E-state index is 11.5. The van der Waals surface area contributed by atoms with Crippen molar-refractivity contribution in [3.63, 3.8) is 0 Å². The molecule has 0 aliphatic heterocycles. The molecule has 0 aliphatic rings. The molecule has 0 aliphatic carbocycles. The highest BCUT2D eigenvalue weighted by molar-refractivity contribution is 5.80. The number of aromatic nitrogens is 1. The van der Waals surface area contributed by atoms with Crippen molar-refractivity contribution in [2.45, 2.75) is 33.2 Å². The molecular weight excluding hydrogens is 206 g/mol. The minimum Gasteiger partial charge on any atom is -0.444 e. The average molecular weight is 221 g/mol. The second kappa shape index (κ2) is 5.91. The van der Waals surface area contributed by atoms with E-state index in [4.69, 9.17) is 9.68 Å². The summed E-state index contributed by atoms with van der Waals surface area (Å²) in [5.74, 6) is 0.386. The van der Waals surface area contributed by atoms with E-state index in [9.17, 15) is 4.79 Å². The van der Waals surface area contributed by atoms with Crippen LogP contribution in [0, 0.1) is 17.2 Å². The van der Waals surface area contributed by atoms with E-state index in [0.29, 0.717) is 12.3 Å². The van der Waals surface area contributed by atoms with Crippen LogP contribution in [-0.4, -0.2) is 10.9 Å². The minimum absolute atomic E-state index is 0.233. The number of carbonyl (C=O) groups is 1. The first-order chi connectivity index (χ1) is 7.71. The lowest BCUT2D eigenvalue weighted by Crippen LogP contribution is -2.29. The highest BCUT2D eigenvalue weighted by atomic mass is 16.4. The van der Waals surface area contributed by atoms with Crippen LogP contribution in [0.15, 0.2) is 10.6 Å². The van der Waals surface area contributed by atoms with Crippen molar-refractivity contribution in [1.29, 1.82) is 5.26 Å². The Bertz CT molecular complexity index is 392. The summed E-state index contributed by atoms with van der Waals surface area (Å²) in [5, 5.41) is 11.3. The van der Waals surface area contributed by atoms with Crippen molar-refractivity contribution < 1.29 is 9.21 Å². The molecule has 0 saturated carbocycles. The highest BCUT2D eigenvalue weighted by Crippen LogP contribution is 2.05. The Morgan fingerprint density at radius 3 is 2.94 bits per heavy atom. The topological polar surface area (TPSA) is 78.9 Å². The third-order valence-electron chi connectivity index (χ3n) is 2.24. The molecule has 1 unspecified atom stereocenters. The number of nitrogens with zero attached hydrogens (tertiary/aromatic N) is 2. The molecule has 0 radical (unpaired) electrons. The summed E-state index contributed by atoms with van der Waals surface area (Å²) in [6.07, 6.45) is 2.92. The standard InChI is InChI=1S/C11H15N3O2/c1-3-8(5-12)11(15)14-7-10-13-6-9(4-2)16-10/h6,8H,3-4,7H2,1-2H3,(H,14,15). The summed E-state index contributed by atoms with van der Waals surface area (Å²) in [4.78, 5) is 15.5. The number of hydrogen-bond acceptors (Lipinski definition) is 4. The van der Waals surface area contributed by atoms with Gasteiger partial charge in [0, 0.05) is 6.42 Å². The largest absolute Gasteiger partial charge is 0.444 e. The van der Waals surface area contributed by atoms with Crippen LogP contribution in [0.25, 0.3) is 0 Å². The quantitative estimate of drug-likeness (QED) is 0.815. The summed E-state index contributed by atoms with van der Waals surface area (Å²) in [6.45, 7) is 4.00. The van der Waals surface area contributed by atoms with Crippen molar-refractivity contribution in [1.82, 2.24) is 10.3 Å². The van der Waals surface area contributed by atoms with Crippen LogP contribution in [0.1, 0.15) is 31.9 Å². The Labute approximate surface area is 94.5 Å². The van der Waals surface area contributed by atoms with Crippen LogP contribution in [0.5, 0.6) is 0 Å². The number of amides is 1. The molecule has 1 atom stereocenters. The summed E-state index contributed by atoms with van der Waals surface area (Å²) in [5.41, 5.74) is 0. The molecule has 1 aromatic heterocycles. The van der Waals surface area contributed by atoms with Gasteiger partial charge in [-0.1, -0.05) is 13.8 Å². The molecule has 1 aromatic rings. The molecule has 1 heterocycles. The van der Waals surface area contributed by atoms with E-state index >= 15 is 0 Å². The van der Waals surface area contributed by atoms with Gasteiger partial charge < -0.3 is 9.73 Å². The smallest absolute Gasteiger partial charge is 0.237 e. The van der Waals surface area contributed by atoms with E-state index in [1.165, 1.54) is 0 Å². The van der Waals surface area contributed by atoms with Gasteiger partial charge in [0.1, 0.15) is 11.7 Å². The fourth-order valence-corrected chi connectivity index (χ4v) is 1.21. The molecule has 1 amide bonds. The molecule has 1 rings (SSSR count). The van der Waals surface area contributed by atoms with E-state index < -0.39 is 5.92 Å². The molecule has 0 saturated heterocycles. The number of nitrogens with one attached hydrogen (secondary N) is 1. The third kappa shape index (κ3) is 3.09. The summed E-state index contributed by atoms with van der Waals surface area (Å²) in [6, 6.07) is 1.94. The maximum Gasteiger partial charge on any atom is 0.237 e. The number of oxazole rings is 1. The first-order valence-electron chi connectivity index (χ1n) is 5.32. The SMILES string of the molecule is CCc1cnc(CNC(=O)C(C#N)CC)o1. The van der Waals surface area contributed by atoms with Crippen LogP contribution >= 0.6 is 0 Å². The Hall–Kier alpha value is -1.83. The van der Waals surface area contributed by atoms with Gasteiger partial charge in [0.25, 0.3) is 0 Å². The molecule has 86 valence electrons. The van der Waals surface area contributed by atoms with Gasteiger partial charge in [0.15, 0.2) is 0 Å². The molecule has 5 heteroatoms. The minimum atomic E-state index is -0.597. The Morgan fingerprint density at radius 2 is 2.44 bits per heavy atom. The molecule has 0 bridgehead atoms. The van der Waals surface area contributed by atoms with Gasteiger partial charge >= 0.3 is 0 Å². The van der Waals surface area contributed by atoms with Crippen molar-refractivity contribution in [2.75, 3.05) is 0 Å². The monoisotopic (exact) mass is 221 g/mol. The van der Waals surface area contributed by atoms with Crippen LogP contribution < -0.4 is 5.32 Å². The molecular formula is C11H15N3O2. The van der Waals surface area contributed by atoms with Crippen molar-refractivity contribution in [2.24, 2.45) is 5.92 Å². The van der Waals surface area contributed by atoms with Gasteiger partial charge in [-0.05, 0) is 6.42 Å². The van der Waals surface area contributed by atoms with Crippen LogP contribution in [0.2, 0.25) is 0 Å². The number of carbonyl (C=O) groups excluding carboxylic acids is 1. The summed E-state index contributed by atoms with van der Waals surface area (Å²) >= 11 is 0. The van der Waals surface area contributed by atoms with Gasteiger partial charge in [-0.3, -0.25) is 4.79 Å². The van der Waals surface area contributed by atoms with Gasteiger partial charge in [0.2, 0.25) is 11.8 Å². The zero-order chi connectivity index (χ0) is 12.0. The van der Waals surface area contributed by atoms with Gasteiger partial charge in [-0.25, -0.2) is 4.98 Å². The zero-order valence-corrected chi connectivity index (χ0v) is 9.49. The first-order valence-corrected chi connectivity index (χ1v) is 5.32. The van der Waals surface area contributed by atoms with Gasteiger partial charge in [-0.15, -0.1) is 0 Å². The first kappa shape index (κ1) is 12.2. The van der Waals surface area contributed by atoms with Crippen LogP contribution in [-0.2, 0) is 17.8 Å². The number of aryl methyl sites for hydroxylation is 1. The molecule has 16 heavy (non-hydrogen) atoms. The normalized spacial score (nSPS) is 11.8. The highest BCUT2D eigenvalue weighted by Gasteiger charge is 2.15.